The Balaban J connectivity index is 1.64. The van der Waals surface area contributed by atoms with Crippen molar-refractivity contribution in [2.24, 2.45) is 5.73 Å². The van der Waals surface area contributed by atoms with E-state index < -0.39 is 6.04 Å². The molecule has 1 heterocycles. The molecule has 154 valence electrons. The first-order valence-electron chi connectivity index (χ1n) is 10.2. The molecule has 1 aliphatic heterocycles. The van der Waals surface area contributed by atoms with E-state index in [-0.39, 0.29) is 17.6 Å². The lowest BCUT2D eigenvalue weighted by atomic mass is 9.93. The summed E-state index contributed by atoms with van der Waals surface area (Å²) in [6.07, 6.45) is 3.09. The third-order valence-corrected chi connectivity index (χ3v) is 5.34. The number of phenols is 1. The third kappa shape index (κ3) is 5.57. The van der Waals surface area contributed by atoms with E-state index in [2.05, 4.69) is 5.32 Å². The summed E-state index contributed by atoms with van der Waals surface area (Å²) in [4.78, 5) is 27.5. The number of hydrogen-bond acceptors (Lipinski definition) is 4. The standard InChI is InChI=1S/C23H29N3O3/c24-13-4-14-25-23(29)21-15-18-6-1-2-7-19(18)16-26(21)22(28)8-3-5-17-9-11-20(27)12-10-17/h1-2,6-7,9-12,21,27H,3-5,8,13-16,24H2,(H,25,29)/t21-/m0/s1. The number of amides is 2. The largest absolute Gasteiger partial charge is 0.508 e. The van der Waals surface area contributed by atoms with Crippen LogP contribution in [-0.4, -0.2) is 41.0 Å². The summed E-state index contributed by atoms with van der Waals surface area (Å²) in [5.74, 6) is 0.123. The van der Waals surface area contributed by atoms with E-state index in [1.807, 2.05) is 36.4 Å². The fourth-order valence-electron chi connectivity index (χ4n) is 3.70. The zero-order valence-electron chi connectivity index (χ0n) is 16.6. The van der Waals surface area contributed by atoms with E-state index in [1.54, 1.807) is 17.0 Å². The molecule has 4 N–H and O–H groups in total. The van der Waals surface area contributed by atoms with Gasteiger partial charge in [-0.05, 0) is 54.6 Å². The van der Waals surface area contributed by atoms with E-state index in [0.717, 1.165) is 29.5 Å². The molecule has 2 aromatic carbocycles. The van der Waals surface area contributed by atoms with Gasteiger partial charge in [0.15, 0.2) is 0 Å². The van der Waals surface area contributed by atoms with Crippen LogP contribution in [0.4, 0.5) is 0 Å². The number of aromatic hydroxyl groups is 1. The van der Waals surface area contributed by atoms with Crippen molar-refractivity contribution in [2.75, 3.05) is 13.1 Å². The van der Waals surface area contributed by atoms with Crippen LogP contribution in [-0.2, 0) is 29.0 Å². The maximum Gasteiger partial charge on any atom is 0.243 e. The minimum Gasteiger partial charge on any atom is -0.508 e. The molecule has 2 aromatic rings. The van der Waals surface area contributed by atoms with Crippen LogP contribution in [0.15, 0.2) is 48.5 Å². The molecule has 0 spiro atoms. The van der Waals surface area contributed by atoms with Gasteiger partial charge in [0.25, 0.3) is 0 Å². The van der Waals surface area contributed by atoms with Crippen LogP contribution >= 0.6 is 0 Å². The molecule has 3 rings (SSSR count). The Morgan fingerprint density at radius 2 is 1.79 bits per heavy atom. The number of aryl methyl sites for hydroxylation is 1. The summed E-state index contributed by atoms with van der Waals surface area (Å²) in [6, 6.07) is 14.5. The molecule has 1 aliphatic rings. The number of carbonyl (C=O) groups is 2. The van der Waals surface area contributed by atoms with Crippen LogP contribution in [0.5, 0.6) is 5.75 Å². The normalized spacial score (nSPS) is 15.6. The minimum absolute atomic E-state index is 0.00254. The summed E-state index contributed by atoms with van der Waals surface area (Å²) in [7, 11) is 0. The highest BCUT2D eigenvalue weighted by atomic mass is 16.3. The van der Waals surface area contributed by atoms with E-state index in [9.17, 15) is 14.7 Å². The summed E-state index contributed by atoms with van der Waals surface area (Å²) in [6.45, 7) is 1.51. The van der Waals surface area contributed by atoms with Crippen molar-refractivity contribution in [2.45, 2.75) is 44.7 Å². The average molecular weight is 396 g/mol. The number of fused-ring (bicyclic) bond motifs is 1. The Kier molecular flexibility index (Phi) is 7.25. The van der Waals surface area contributed by atoms with Gasteiger partial charge in [0.2, 0.25) is 11.8 Å². The highest BCUT2D eigenvalue weighted by Gasteiger charge is 2.33. The highest BCUT2D eigenvalue weighted by Crippen LogP contribution is 2.25. The number of rotatable bonds is 8. The van der Waals surface area contributed by atoms with Gasteiger partial charge in [-0.3, -0.25) is 9.59 Å². The molecule has 0 bridgehead atoms. The van der Waals surface area contributed by atoms with Gasteiger partial charge in [-0.2, -0.15) is 0 Å². The second kappa shape index (κ2) is 10.1. The van der Waals surface area contributed by atoms with E-state index >= 15 is 0 Å². The SMILES string of the molecule is NCCCNC(=O)[C@@H]1Cc2ccccc2CN1C(=O)CCCc1ccc(O)cc1. The first-order valence-corrected chi connectivity index (χ1v) is 10.2. The fraction of sp³-hybridized carbons (Fsp3) is 0.391. The maximum absolute atomic E-state index is 13.0. The average Bonchev–Trinajstić information content (AvgIpc) is 2.74. The van der Waals surface area contributed by atoms with Crippen LogP contribution in [0.1, 0.15) is 36.0 Å². The number of nitrogens with two attached hydrogens (primary N) is 1. The molecule has 6 heteroatoms. The number of benzene rings is 2. The van der Waals surface area contributed by atoms with Crippen molar-refractivity contribution in [3.8, 4) is 5.75 Å². The molecule has 29 heavy (non-hydrogen) atoms. The molecule has 6 nitrogen and oxygen atoms in total. The molecule has 0 fully saturated rings. The molecule has 0 saturated carbocycles. The molecule has 0 aliphatic carbocycles. The van der Waals surface area contributed by atoms with Crippen LogP contribution < -0.4 is 11.1 Å². The van der Waals surface area contributed by atoms with Crippen molar-refractivity contribution in [1.29, 1.82) is 0 Å². The molecule has 0 saturated heterocycles. The smallest absolute Gasteiger partial charge is 0.243 e. The Morgan fingerprint density at radius 1 is 1.07 bits per heavy atom. The maximum atomic E-state index is 13.0. The van der Waals surface area contributed by atoms with Crippen molar-refractivity contribution >= 4 is 11.8 Å². The molecular weight excluding hydrogens is 366 g/mol. The Morgan fingerprint density at radius 3 is 2.52 bits per heavy atom. The molecule has 0 radical (unpaired) electrons. The van der Waals surface area contributed by atoms with E-state index in [0.29, 0.717) is 38.9 Å². The van der Waals surface area contributed by atoms with Crippen LogP contribution in [0.25, 0.3) is 0 Å². The van der Waals surface area contributed by atoms with E-state index in [4.69, 9.17) is 5.73 Å². The van der Waals surface area contributed by atoms with Crippen molar-refractivity contribution < 1.29 is 14.7 Å². The number of phenolic OH excluding ortho intramolecular Hbond substituents is 1. The zero-order valence-corrected chi connectivity index (χ0v) is 16.6. The fourth-order valence-corrected chi connectivity index (χ4v) is 3.70. The lowest BCUT2D eigenvalue weighted by Gasteiger charge is -2.36. The van der Waals surface area contributed by atoms with Gasteiger partial charge in [-0.25, -0.2) is 0 Å². The van der Waals surface area contributed by atoms with E-state index in [1.165, 1.54) is 0 Å². The lowest BCUT2D eigenvalue weighted by Crippen LogP contribution is -2.52. The second-order valence-electron chi connectivity index (χ2n) is 7.46. The van der Waals surface area contributed by atoms with Crippen LogP contribution in [0, 0.1) is 0 Å². The van der Waals surface area contributed by atoms with Crippen molar-refractivity contribution in [1.82, 2.24) is 10.2 Å². The van der Waals surface area contributed by atoms with Gasteiger partial charge in [0.1, 0.15) is 11.8 Å². The number of nitrogens with one attached hydrogen (secondary N) is 1. The number of hydrogen-bond donors (Lipinski definition) is 3. The van der Waals surface area contributed by atoms with Gasteiger partial charge in [-0.15, -0.1) is 0 Å². The second-order valence-corrected chi connectivity index (χ2v) is 7.46. The van der Waals surface area contributed by atoms with Gasteiger partial charge in [0.05, 0.1) is 0 Å². The van der Waals surface area contributed by atoms with Crippen molar-refractivity contribution in [3.05, 3.63) is 65.2 Å². The first-order chi connectivity index (χ1) is 14.1. The monoisotopic (exact) mass is 395 g/mol. The molecule has 1 atom stereocenters. The molecular formula is C23H29N3O3. The predicted molar refractivity (Wildman–Crippen MR) is 112 cm³/mol. The quantitative estimate of drug-likeness (QED) is 0.597. The summed E-state index contributed by atoms with van der Waals surface area (Å²) < 4.78 is 0. The van der Waals surface area contributed by atoms with Crippen LogP contribution in [0.3, 0.4) is 0 Å². The highest BCUT2D eigenvalue weighted by molar-refractivity contribution is 5.88. The topological polar surface area (TPSA) is 95.7 Å². The summed E-state index contributed by atoms with van der Waals surface area (Å²) >= 11 is 0. The van der Waals surface area contributed by atoms with Gasteiger partial charge < -0.3 is 21.1 Å². The first kappa shape index (κ1) is 20.9. The molecule has 0 aromatic heterocycles. The van der Waals surface area contributed by atoms with Gasteiger partial charge in [-0.1, -0.05) is 36.4 Å². The zero-order chi connectivity index (χ0) is 20.6. The lowest BCUT2D eigenvalue weighted by molar-refractivity contribution is -0.141. The third-order valence-electron chi connectivity index (χ3n) is 5.34. The van der Waals surface area contributed by atoms with Crippen LogP contribution in [0.2, 0.25) is 0 Å². The molecule has 2 amide bonds. The Labute approximate surface area is 171 Å². The predicted octanol–water partition coefficient (Wildman–Crippen LogP) is 2.13. The Bertz CT molecular complexity index is 836. The van der Waals surface area contributed by atoms with Gasteiger partial charge >= 0.3 is 0 Å². The van der Waals surface area contributed by atoms with Gasteiger partial charge in [0, 0.05) is 25.9 Å². The summed E-state index contributed by atoms with van der Waals surface area (Å²) in [5, 5.41) is 12.3. The minimum atomic E-state index is -0.483. The number of nitrogens with zero attached hydrogens (tertiary/aromatic N) is 1. The number of carbonyl (C=O) groups excluding carboxylic acids is 2. The molecule has 0 unspecified atom stereocenters. The Hall–Kier alpha value is -2.86. The van der Waals surface area contributed by atoms with Crippen molar-refractivity contribution in [3.63, 3.8) is 0 Å². The summed E-state index contributed by atoms with van der Waals surface area (Å²) in [5.41, 5.74) is 8.82.